The molecule has 1 unspecified atom stereocenters. The van der Waals surface area contributed by atoms with Crippen molar-refractivity contribution in [1.82, 2.24) is 9.55 Å². The summed E-state index contributed by atoms with van der Waals surface area (Å²) in [6.45, 7) is 1.73. The van der Waals surface area contributed by atoms with Crippen LogP contribution in [-0.2, 0) is 0 Å². The molecule has 0 aliphatic rings. The van der Waals surface area contributed by atoms with Crippen LogP contribution in [0.4, 0.5) is 4.39 Å². The van der Waals surface area contributed by atoms with Crippen molar-refractivity contribution in [3.05, 3.63) is 69.5 Å². The fourth-order valence-corrected chi connectivity index (χ4v) is 2.53. The summed E-state index contributed by atoms with van der Waals surface area (Å²) >= 11 is 6.00. The lowest BCUT2D eigenvalue weighted by Gasteiger charge is -2.16. The number of nitrogens with two attached hydrogens (primary N) is 1. The fraction of sp³-hybridized carbons (Fsp3) is 0.125. The quantitative estimate of drug-likeness (QED) is 0.789. The second kappa shape index (κ2) is 5.51. The van der Waals surface area contributed by atoms with Gasteiger partial charge in [-0.15, -0.1) is 0 Å². The molecule has 112 valence electrons. The average Bonchev–Trinajstić information content (AvgIpc) is 2.47. The molecule has 2 aromatic carbocycles. The number of hydrogen-bond donors (Lipinski definition) is 1. The van der Waals surface area contributed by atoms with Gasteiger partial charge in [0.2, 0.25) is 0 Å². The largest absolute Gasteiger partial charge is 0.322 e. The van der Waals surface area contributed by atoms with E-state index in [1.54, 1.807) is 31.2 Å². The SMILES string of the molecule is CC(N)c1nc2ccc(F)cc2c(=O)n1-c1cccc(Cl)c1. The van der Waals surface area contributed by atoms with E-state index >= 15 is 0 Å². The maximum absolute atomic E-state index is 13.5. The first kappa shape index (κ1) is 14.7. The van der Waals surface area contributed by atoms with Crippen LogP contribution in [0.1, 0.15) is 18.8 Å². The summed E-state index contributed by atoms with van der Waals surface area (Å²) < 4.78 is 14.8. The molecule has 0 radical (unpaired) electrons. The molecular weight excluding hydrogens is 305 g/mol. The van der Waals surface area contributed by atoms with Gasteiger partial charge in [0.25, 0.3) is 5.56 Å². The van der Waals surface area contributed by atoms with Crippen molar-refractivity contribution >= 4 is 22.5 Å². The van der Waals surface area contributed by atoms with E-state index in [9.17, 15) is 9.18 Å². The molecule has 0 amide bonds. The van der Waals surface area contributed by atoms with E-state index in [4.69, 9.17) is 17.3 Å². The molecule has 0 fully saturated rings. The Morgan fingerprint density at radius 2 is 2.05 bits per heavy atom. The summed E-state index contributed by atoms with van der Waals surface area (Å²) in [5, 5.41) is 0.684. The minimum atomic E-state index is -0.488. The highest BCUT2D eigenvalue weighted by Gasteiger charge is 2.16. The summed E-state index contributed by atoms with van der Waals surface area (Å²) in [5.74, 6) is -0.0936. The maximum Gasteiger partial charge on any atom is 0.266 e. The van der Waals surface area contributed by atoms with Gasteiger partial charge in [0, 0.05) is 5.02 Å². The molecule has 1 aromatic heterocycles. The Labute approximate surface area is 131 Å². The molecule has 3 aromatic rings. The summed E-state index contributed by atoms with van der Waals surface area (Å²) in [7, 11) is 0. The van der Waals surface area contributed by atoms with Crippen LogP contribution < -0.4 is 11.3 Å². The Morgan fingerprint density at radius 3 is 2.73 bits per heavy atom. The lowest BCUT2D eigenvalue weighted by atomic mass is 10.2. The van der Waals surface area contributed by atoms with Crippen LogP contribution in [-0.4, -0.2) is 9.55 Å². The van der Waals surface area contributed by atoms with Gasteiger partial charge in [-0.1, -0.05) is 17.7 Å². The van der Waals surface area contributed by atoms with Crippen molar-refractivity contribution in [2.75, 3.05) is 0 Å². The number of aromatic nitrogens is 2. The third-order valence-corrected chi connectivity index (χ3v) is 3.56. The Morgan fingerprint density at radius 1 is 1.27 bits per heavy atom. The van der Waals surface area contributed by atoms with Crippen molar-refractivity contribution in [2.45, 2.75) is 13.0 Å². The number of nitrogens with zero attached hydrogens (tertiary/aromatic N) is 2. The van der Waals surface area contributed by atoms with Crippen LogP contribution in [0.3, 0.4) is 0 Å². The fourth-order valence-electron chi connectivity index (χ4n) is 2.35. The molecule has 4 nitrogen and oxygen atoms in total. The minimum Gasteiger partial charge on any atom is -0.322 e. The third-order valence-electron chi connectivity index (χ3n) is 3.33. The third kappa shape index (κ3) is 2.49. The normalized spacial score (nSPS) is 12.5. The molecule has 0 saturated carbocycles. The molecule has 6 heteroatoms. The van der Waals surface area contributed by atoms with Gasteiger partial charge in [-0.05, 0) is 43.3 Å². The molecule has 0 bridgehead atoms. The summed E-state index contributed by atoms with van der Waals surface area (Å²) in [6, 6.07) is 10.2. The lowest BCUT2D eigenvalue weighted by Crippen LogP contribution is -2.27. The number of halogens is 2. The van der Waals surface area contributed by atoms with Crippen molar-refractivity contribution in [3.63, 3.8) is 0 Å². The molecule has 0 spiro atoms. The zero-order valence-electron chi connectivity index (χ0n) is 11.8. The van der Waals surface area contributed by atoms with E-state index in [2.05, 4.69) is 4.98 Å². The van der Waals surface area contributed by atoms with E-state index in [0.29, 0.717) is 22.1 Å². The van der Waals surface area contributed by atoms with Crippen molar-refractivity contribution < 1.29 is 4.39 Å². The van der Waals surface area contributed by atoms with E-state index in [-0.39, 0.29) is 10.9 Å². The van der Waals surface area contributed by atoms with Gasteiger partial charge in [-0.25, -0.2) is 9.37 Å². The van der Waals surface area contributed by atoms with Gasteiger partial charge in [0.05, 0.1) is 22.6 Å². The van der Waals surface area contributed by atoms with E-state index in [0.717, 1.165) is 0 Å². The highest BCUT2D eigenvalue weighted by atomic mass is 35.5. The van der Waals surface area contributed by atoms with Gasteiger partial charge < -0.3 is 5.73 Å². The molecule has 0 saturated heterocycles. The van der Waals surface area contributed by atoms with Gasteiger partial charge in [0.1, 0.15) is 11.6 Å². The van der Waals surface area contributed by atoms with E-state index in [1.165, 1.54) is 22.8 Å². The second-order valence-electron chi connectivity index (χ2n) is 5.04. The van der Waals surface area contributed by atoms with Gasteiger partial charge in [-0.2, -0.15) is 0 Å². The zero-order valence-corrected chi connectivity index (χ0v) is 12.5. The molecule has 0 aliphatic heterocycles. The van der Waals surface area contributed by atoms with E-state index in [1.807, 2.05) is 0 Å². The molecule has 1 heterocycles. The van der Waals surface area contributed by atoms with Crippen LogP contribution in [0, 0.1) is 5.82 Å². The summed E-state index contributed by atoms with van der Waals surface area (Å²) in [5.41, 5.74) is 6.53. The van der Waals surface area contributed by atoms with Crippen LogP contribution in [0.15, 0.2) is 47.3 Å². The predicted octanol–water partition coefficient (Wildman–Crippen LogP) is 3.20. The number of fused-ring (bicyclic) bond motifs is 1. The molecule has 0 aliphatic carbocycles. The first-order valence-corrected chi connectivity index (χ1v) is 7.09. The van der Waals surface area contributed by atoms with Crippen LogP contribution >= 0.6 is 11.6 Å². The predicted molar refractivity (Wildman–Crippen MR) is 84.9 cm³/mol. The zero-order chi connectivity index (χ0) is 15.9. The van der Waals surface area contributed by atoms with Crippen LogP contribution in [0.25, 0.3) is 16.6 Å². The Bertz CT molecular complexity index is 921. The second-order valence-corrected chi connectivity index (χ2v) is 5.48. The first-order chi connectivity index (χ1) is 10.5. The Kier molecular flexibility index (Phi) is 3.68. The minimum absolute atomic E-state index is 0.198. The summed E-state index contributed by atoms with van der Waals surface area (Å²) in [4.78, 5) is 17.2. The standard InChI is InChI=1S/C16H13ClFN3O/c1-9(19)15-20-14-6-5-11(18)8-13(14)16(22)21(15)12-4-2-3-10(17)7-12/h2-9H,19H2,1H3. The molecule has 1 atom stereocenters. The smallest absolute Gasteiger partial charge is 0.266 e. The highest BCUT2D eigenvalue weighted by Crippen LogP contribution is 2.19. The topological polar surface area (TPSA) is 60.9 Å². The lowest BCUT2D eigenvalue weighted by molar-refractivity contribution is 0.628. The van der Waals surface area contributed by atoms with Crippen LogP contribution in [0.2, 0.25) is 5.02 Å². The Hall–Kier alpha value is -2.24. The molecule has 2 N–H and O–H groups in total. The molecule has 3 rings (SSSR count). The van der Waals surface area contributed by atoms with Gasteiger partial charge >= 0.3 is 0 Å². The monoisotopic (exact) mass is 317 g/mol. The van der Waals surface area contributed by atoms with Crippen molar-refractivity contribution in [1.29, 1.82) is 0 Å². The molecular formula is C16H13ClFN3O. The number of benzene rings is 2. The average molecular weight is 318 g/mol. The number of rotatable bonds is 2. The van der Waals surface area contributed by atoms with Crippen molar-refractivity contribution in [3.8, 4) is 5.69 Å². The van der Waals surface area contributed by atoms with Crippen LogP contribution in [0.5, 0.6) is 0 Å². The first-order valence-electron chi connectivity index (χ1n) is 6.71. The van der Waals surface area contributed by atoms with Crippen molar-refractivity contribution in [2.24, 2.45) is 5.73 Å². The Balaban J connectivity index is 2.43. The van der Waals surface area contributed by atoms with Gasteiger partial charge in [-0.3, -0.25) is 9.36 Å². The highest BCUT2D eigenvalue weighted by molar-refractivity contribution is 6.30. The van der Waals surface area contributed by atoms with Gasteiger partial charge in [0.15, 0.2) is 0 Å². The maximum atomic E-state index is 13.5. The number of hydrogen-bond acceptors (Lipinski definition) is 3. The molecule has 22 heavy (non-hydrogen) atoms. The summed E-state index contributed by atoms with van der Waals surface area (Å²) in [6.07, 6.45) is 0. The van der Waals surface area contributed by atoms with E-state index < -0.39 is 11.9 Å².